The maximum atomic E-state index is 12.6. The van der Waals surface area contributed by atoms with Gasteiger partial charge >= 0.3 is 6.03 Å². The summed E-state index contributed by atoms with van der Waals surface area (Å²) >= 11 is 0. The number of anilines is 2. The maximum absolute atomic E-state index is 12.6. The molecule has 0 saturated heterocycles. The molecular formula is C28H38N6O4. The molecule has 2 aromatic carbocycles. The summed E-state index contributed by atoms with van der Waals surface area (Å²) < 4.78 is 0. The molecule has 10 nitrogen and oxygen atoms in total. The average molecular weight is 523 g/mol. The molecule has 0 saturated carbocycles. The standard InChI is InChI=1S/C28H38N6O4/c1-27(2,3)23-14-24(34-33-23)32-25(37)12-17-7-6-8-18(11-17)15-28(4,5)30-16-22(36)19-9-10-21(35)20(13-19)31-26(29)38/h6-11,13-14,22,30,35-36H,12,15-16H2,1-5H3,(H3,29,31,38)(H2,32,33,34,37). The number of aliphatic hydroxyl groups excluding tert-OH is 1. The highest BCUT2D eigenvalue weighted by molar-refractivity contribution is 5.91. The number of phenolic OH excluding ortho intramolecular Hbond substituents is 1. The number of carbonyl (C=O) groups is 2. The summed E-state index contributed by atoms with van der Waals surface area (Å²) in [5.41, 5.74) is 8.22. The number of aromatic amines is 1. The highest BCUT2D eigenvalue weighted by Crippen LogP contribution is 2.27. The second-order valence-electron chi connectivity index (χ2n) is 11.2. The van der Waals surface area contributed by atoms with Crippen LogP contribution in [0.5, 0.6) is 5.75 Å². The Kier molecular flexibility index (Phi) is 8.80. The lowest BCUT2D eigenvalue weighted by Gasteiger charge is -2.28. The Balaban J connectivity index is 1.57. The van der Waals surface area contributed by atoms with Gasteiger partial charge in [0.05, 0.1) is 18.2 Å². The summed E-state index contributed by atoms with van der Waals surface area (Å²) in [6.07, 6.45) is 0.00736. The molecule has 10 heteroatoms. The molecule has 1 unspecified atom stereocenters. The zero-order valence-electron chi connectivity index (χ0n) is 22.6. The van der Waals surface area contributed by atoms with Crippen molar-refractivity contribution in [1.29, 1.82) is 0 Å². The smallest absolute Gasteiger partial charge is 0.316 e. The largest absolute Gasteiger partial charge is 0.506 e. The zero-order chi connectivity index (χ0) is 28.1. The lowest BCUT2D eigenvalue weighted by atomic mass is 9.92. The van der Waals surface area contributed by atoms with Crippen molar-refractivity contribution in [2.24, 2.45) is 5.73 Å². The third kappa shape index (κ3) is 8.32. The number of nitrogens with one attached hydrogen (secondary N) is 4. The fourth-order valence-corrected chi connectivity index (χ4v) is 4.05. The van der Waals surface area contributed by atoms with Crippen molar-refractivity contribution in [3.05, 3.63) is 70.9 Å². The molecule has 0 fully saturated rings. The number of aromatic hydroxyl groups is 1. The van der Waals surface area contributed by atoms with Crippen molar-refractivity contribution >= 4 is 23.4 Å². The monoisotopic (exact) mass is 522 g/mol. The van der Waals surface area contributed by atoms with Gasteiger partial charge in [0.25, 0.3) is 0 Å². The van der Waals surface area contributed by atoms with Gasteiger partial charge in [0.2, 0.25) is 5.91 Å². The van der Waals surface area contributed by atoms with E-state index in [1.165, 1.54) is 12.1 Å². The average Bonchev–Trinajstić information content (AvgIpc) is 3.27. The van der Waals surface area contributed by atoms with Crippen LogP contribution in [0, 0.1) is 0 Å². The summed E-state index contributed by atoms with van der Waals surface area (Å²) in [5.74, 6) is 0.223. The van der Waals surface area contributed by atoms with E-state index in [4.69, 9.17) is 5.73 Å². The molecule has 0 aliphatic carbocycles. The first-order valence-corrected chi connectivity index (χ1v) is 12.5. The summed E-state index contributed by atoms with van der Waals surface area (Å²) in [5, 5.41) is 36.3. The van der Waals surface area contributed by atoms with Gasteiger partial charge in [-0.15, -0.1) is 0 Å². The normalized spacial score (nSPS) is 12.7. The Morgan fingerprint density at radius 1 is 1.03 bits per heavy atom. The highest BCUT2D eigenvalue weighted by atomic mass is 16.3. The van der Waals surface area contributed by atoms with Crippen molar-refractivity contribution in [2.45, 2.75) is 64.5 Å². The first-order valence-electron chi connectivity index (χ1n) is 12.5. The van der Waals surface area contributed by atoms with E-state index in [1.807, 2.05) is 44.2 Å². The van der Waals surface area contributed by atoms with Crippen molar-refractivity contribution in [2.75, 3.05) is 17.2 Å². The number of nitrogens with two attached hydrogens (primary N) is 1. The Hall–Kier alpha value is -3.89. The number of nitrogens with zero attached hydrogens (tertiary/aromatic N) is 1. The predicted octanol–water partition coefficient (Wildman–Crippen LogP) is 3.73. The van der Waals surface area contributed by atoms with Crippen LogP contribution in [0.25, 0.3) is 0 Å². The number of aromatic nitrogens is 2. The van der Waals surface area contributed by atoms with E-state index in [2.05, 4.69) is 46.9 Å². The number of rotatable bonds is 10. The summed E-state index contributed by atoms with van der Waals surface area (Å²) in [4.78, 5) is 23.7. The van der Waals surface area contributed by atoms with Crippen molar-refractivity contribution in [3.63, 3.8) is 0 Å². The predicted molar refractivity (Wildman–Crippen MR) is 148 cm³/mol. The number of primary amides is 1. The molecule has 204 valence electrons. The van der Waals surface area contributed by atoms with Gasteiger partial charge in [0.15, 0.2) is 5.82 Å². The summed E-state index contributed by atoms with van der Waals surface area (Å²) in [7, 11) is 0. The van der Waals surface area contributed by atoms with Gasteiger partial charge in [-0.2, -0.15) is 5.10 Å². The molecule has 38 heavy (non-hydrogen) atoms. The van der Waals surface area contributed by atoms with Gasteiger partial charge in [0.1, 0.15) is 5.75 Å². The van der Waals surface area contributed by atoms with Crippen molar-refractivity contribution < 1.29 is 19.8 Å². The quantitative estimate of drug-likeness (QED) is 0.200. The molecule has 0 spiro atoms. The molecule has 0 bridgehead atoms. The molecule has 0 aliphatic rings. The third-order valence-corrected chi connectivity index (χ3v) is 6.09. The minimum atomic E-state index is -0.876. The minimum absolute atomic E-state index is 0.0870. The fraction of sp³-hybridized carbons (Fsp3) is 0.393. The molecule has 1 heterocycles. The lowest BCUT2D eigenvalue weighted by molar-refractivity contribution is -0.115. The Bertz CT molecular complexity index is 1280. The second kappa shape index (κ2) is 11.7. The van der Waals surface area contributed by atoms with Gasteiger partial charge in [-0.25, -0.2) is 4.79 Å². The molecule has 3 amide bonds. The van der Waals surface area contributed by atoms with Gasteiger partial charge < -0.3 is 31.9 Å². The summed E-state index contributed by atoms with van der Waals surface area (Å²) in [6.45, 7) is 10.5. The third-order valence-electron chi connectivity index (χ3n) is 6.09. The minimum Gasteiger partial charge on any atom is -0.506 e. The Labute approximate surface area is 223 Å². The van der Waals surface area contributed by atoms with E-state index in [-0.39, 0.29) is 41.3 Å². The highest BCUT2D eigenvalue weighted by Gasteiger charge is 2.21. The van der Waals surface area contributed by atoms with Crippen LogP contribution in [0.4, 0.5) is 16.3 Å². The fourth-order valence-electron chi connectivity index (χ4n) is 4.05. The van der Waals surface area contributed by atoms with Crippen molar-refractivity contribution in [1.82, 2.24) is 15.5 Å². The van der Waals surface area contributed by atoms with Gasteiger partial charge in [0, 0.05) is 29.3 Å². The van der Waals surface area contributed by atoms with Crippen LogP contribution in [0.15, 0.2) is 48.5 Å². The topological polar surface area (TPSA) is 165 Å². The molecule has 8 N–H and O–H groups in total. The molecule has 1 atom stereocenters. The number of β-amino-alcohol motifs (C(OH)–C–C–N with tert-alkyl or cyclic N) is 1. The van der Waals surface area contributed by atoms with Crippen LogP contribution >= 0.6 is 0 Å². The van der Waals surface area contributed by atoms with E-state index in [1.54, 1.807) is 6.07 Å². The molecule has 0 radical (unpaired) electrons. The van der Waals surface area contributed by atoms with E-state index in [9.17, 15) is 19.8 Å². The van der Waals surface area contributed by atoms with Crippen LogP contribution in [0.1, 0.15) is 63.1 Å². The van der Waals surface area contributed by atoms with E-state index >= 15 is 0 Å². The maximum Gasteiger partial charge on any atom is 0.316 e. The number of urea groups is 1. The van der Waals surface area contributed by atoms with Gasteiger partial charge in [-0.3, -0.25) is 9.89 Å². The number of H-pyrrole nitrogens is 1. The number of carbonyl (C=O) groups excluding carboxylic acids is 2. The number of hydrogen-bond donors (Lipinski definition) is 7. The van der Waals surface area contributed by atoms with E-state index < -0.39 is 12.1 Å². The van der Waals surface area contributed by atoms with Crippen LogP contribution < -0.4 is 21.7 Å². The Morgan fingerprint density at radius 2 is 1.74 bits per heavy atom. The van der Waals surface area contributed by atoms with Gasteiger partial charge in [-0.1, -0.05) is 51.1 Å². The van der Waals surface area contributed by atoms with Crippen LogP contribution in [-0.2, 0) is 23.1 Å². The molecule has 3 aromatic rings. The number of hydrogen-bond acceptors (Lipinski definition) is 6. The number of aliphatic hydroxyl groups is 1. The Morgan fingerprint density at radius 3 is 2.39 bits per heavy atom. The second-order valence-corrected chi connectivity index (χ2v) is 11.2. The van der Waals surface area contributed by atoms with Crippen LogP contribution in [0.3, 0.4) is 0 Å². The lowest BCUT2D eigenvalue weighted by Crippen LogP contribution is -2.43. The molecular weight excluding hydrogens is 484 g/mol. The number of phenols is 1. The first kappa shape index (κ1) is 28.7. The summed E-state index contributed by atoms with van der Waals surface area (Å²) in [6, 6.07) is 13.4. The van der Waals surface area contributed by atoms with E-state index in [0.29, 0.717) is 17.8 Å². The molecule has 1 aromatic heterocycles. The van der Waals surface area contributed by atoms with Crippen LogP contribution in [0.2, 0.25) is 0 Å². The van der Waals surface area contributed by atoms with Gasteiger partial charge in [-0.05, 0) is 49.1 Å². The SMILES string of the molecule is CC(C)(Cc1cccc(CC(=O)Nc2cc(C(C)(C)C)[nH]n2)c1)NCC(O)c1ccc(O)c(NC(N)=O)c1. The number of benzene rings is 2. The first-order chi connectivity index (χ1) is 17.7. The van der Waals surface area contributed by atoms with E-state index in [0.717, 1.165) is 16.8 Å². The van der Waals surface area contributed by atoms with Crippen LogP contribution in [-0.4, -0.2) is 44.4 Å². The van der Waals surface area contributed by atoms with Crippen molar-refractivity contribution in [3.8, 4) is 5.75 Å². The molecule has 3 rings (SSSR count). The zero-order valence-corrected chi connectivity index (χ0v) is 22.6. The number of amides is 3. The molecule has 0 aliphatic heterocycles.